The molecule has 0 radical (unpaired) electrons. The second-order valence-corrected chi connectivity index (χ2v) is 6.22. The largest absolute Gasteiger partial charge is 0.490 e. The molecule has 130 valence electrons. The molecule has 1 aromatic carbocycles. The standard InChI is InChI=1S/C20H26FNO2/c1-7-17(8-2)23-18-11-14(5)22-20(15(18)6)24-19-12(3)9-16(21)10-13(19)4/h9-11,17H,7-8H2,1-6H3. The summed E-state index contributed by atoms with van der Waals surface area (Å²) in [5.74, 6) is 1.69. The lowest BCUT2D eigenvalue weighted by atomic mass is 10.1. The third kappa shape index (κ3) is 4.05. The van der Waals surface area contributed by atoms with Gasteiger partial charge in [-0.3, -0.25) is 0 Å². The van der Waals surface area contributed by atoms with Crippen LogP contribution in [-0.4, -0.2) is 11.1 Å². The lowest BCUT2D eigenvalue weighted by Gasteiger charge is -2.20. The van der Waals surface area contributed by atoms with Crippen molar-refractivity contribution in [3.05, 3.63) is 46.4 Å². The number of nitrogens with zero attached hydrogens (tertiary/aromatic N) is 1. The van der Waals surface area contributed by atoms with Gasteiger partial charge in [0.1, 0.15) is 17.3 Å². The molecule has 3 nitrogen and oxygen atoms in total. The van der Waals surface area contributed by atoms with E-state index in [1.54, 1.807) is 0 Å². The van der Waals surface area contributed by atoms with Crippen molar-refractivity contribution in [1.82, 2.24) is 4.98 Å². The molecule has 0 spiro atoms. The molecule has 0 amide bonds. The summed E-state index contributed by atoms with van der Waals surface area (Å²) in [6.45, 7) is 11.7. The number of hydrogen-bond acceptors (Lipinski definition) is 3. The molecule has 2 aromatic rings. The van der Waals surface area contributed by atoms with E-state index < -0.39 is 0 Å². The molecular weight excluding hydrogens is 305 g/mol. The van der Waals surface area contributed by atoms with Crippen LogP contribution in [0.2, 0.25) is 0 Å². The molecule has 24 heavy (non-hydrogen) atoms. The zero-order chi connectivity index (χ0) is 17.9. The highest BCUT2D eigenvalue weighted by Crippen LogP contribution is 2.34. The Balaban J connectivity index is 2.39. The maximum atomic E-state index is 13.5. The Morgan fingerprint density at radius 2 is 1.58 bits per heavy atom. The first-order valence-corrected chi connectivity index (χ1v) is 8.45. The fourth-order valence-corrected chi connectivity index (χ4v) is 2.69. The lowest BCUT2D eigenvalue weighted by molar-refractivity contribution is 0.190. The zero-order valence-electron chi connectivity index (χ0n) is 15.4. The van der Waals surface area contributed by atoms with E-state index in [9.17, 15) is 4.39 Å². The van der Waals surface area contributed by atoms with Gasteiger partial charge in [0.15, 0.2) is 0 Å². The molecular formula is C20H26FNO2. The molecule has 0 aliphatic heterocycles. The van der Waals surface area contributed by atoms with Crippen LogP contribution in [0.25, 0.3) is 0 Å². The van der Waals surface area contributed by atoms with E-state index >= 15 is 0 Å². The molecule has 1 aromatic heterocycles. The summed E-state index contributed by atoms with van der Waals surface area (Å²) in [6.07, 6.45) is 2.07. The van der Waals surface area contributed by atoms with Gasteiger partial charge in [0.05, 0.1) is 11.7 Å². The van der Waals surface area contributed by atoms with Crippen LogP contribution >= 0.6 is 0 Å². The predicted molar refractivity (Wildman–Crippen MR) is 94.7 cm³/mol. The summed E-state index contributed by atoms with van der Waals surface area (Å²) >= 11 is 0. The Kier molecular flexibility index (Phi) is 5.81. The van der Waals surface area contributed by atoms with Crippen LogP contribution in [0.3, 0.4) is 0 Å². The minimum Gasteiger partial charge on any atom is -0.490 e. The first-order chi connectivity index (χ1) is 11.3. The number of ether oxygens (including phenoxy) is 2. The van der Waals surface area contributed by atoms with Gasteiger partial charge in [-0.1, -0.05) is 13.8 Å². The van der Waals surface area contributed by atoms with Crippen molar-refractivity contribution in [2.24, 2.45) is 0 Å². The first-order valence-electron chi connectivity index (χ1n) is 8.45. The fourth-order valence-electron chi connectivity index (χ4n) is 2.69. The monoisotopic (exact) mass is 331 g/mol. The number of pyridine rings is 1. The topological polar surface area (TPSA) is 31.4 Å². The molecule has 0 fully saturated rings. The second kappa shape index (κ2) is 7.65. The van der Waals surface area contributed by atoms with E-state index in [1.165, 1.54) is 12.1 Å². The van der Waals surface area contributed by atoms with Gasteiger partial charge in [-0.15, -0.1) is 0 Å². The maximum Gasteiger partial charge on any atom is 0.226 e. The highest BCUT2D eigenvalue weighted by atomic mass is 19.1. The van der Waals surface area contributed by atoms with E-state index in [0.29, 0.717) is 11.6 Å². The van der Waals surface area contributed by atoms with Gasteiger partial charge < -0.3 is 9.47 Å². The average molecular weight is 331 g/mol. The second-order valence-electron chi connectivity index (χ2n) is 6.22. The van der Waals surface area contributed by atoms with Gasteiger partial charge in [-0.2, -0.15) is 0 Å². The fraction of sp³-hybridized carbons (Fsp3) is 0.450. The predicted octanol–water partition coefficient (Wildman–Crippen LogP) is 5.81. The summed E-state index contributed by atoms with van der Waals surface area (Å²) in [5.41, 5.74) is 3.18. The summed E-state index contributed by atoms with van der Waals surface area (Å²) in [5, 5.41) is 0. The number of halogens is 1. The number of aryl methyl sites for hydroxylation is 3. The van der Waals surface area contributed by atoms with E-state index in [2.05, 4.69) is 18.8 Å². The molecule has 0 atom stereocenters. The van der Waals surface area contributed by atoms with Crippen molar-refractivity contribution in [2.75, 3.05) is 0 Å². The molecule has 4 heteroatoms. The normalized spacial score (nSPS) is 11.0. The third-order valence-corrected chi connectivity index (χ3v) is 4.14. The van der Waals surface area contributed by atoms with Crippen LogP contribution < -0.4 is 9.47 Å². The van der Waals surface area contributed by atoms with Crippen LogP contribution in [0.5, 0.6) is 17.4 Å². The molecule has 0 aliphatic rings. The van der Waals surface area contributed by atoms with Gasteiger partial charge in [0.2, 0.25) is 5.88 Å². The van der Waals surface area contributed by atoms with Gasteiger partial charge in [0, 0.05) is 11.8 Å². The molecule has 0 saturated carbocycles. The zero-order valence-corrected chi connectivity index (χ0v) is 15.4. The molecule has 0 aliphatic carbocycles. The Hall–Kier alpha value is -2.10. The quantitative estimate of drug-likeness (QED) is 0.669. The van der Waals surface area contributed by atoms with Crippen LogP contribution in [0, 0.1) is 33.5 Å². The van der Waals surface area contributed by atoms with E-state index in [0.717, 1.165) is 41.0 Å². The molecule has 0 saturated heterocycles. The highest BCUT2D eigenvalue weighted by molar-refractivity contribution is 5.47. The minimum atomic E-state index is -0.260. The van der Waals surface area contributed by atoms with Crippen molar-refractivity contribution in [3.8, 4) is 17.4 Å². The number of benzene rings is 1. The van der Waals surface area contributed by atoms with Crippen molar-refractivity contribution in [2.45, 2.75) is 60.5 Å². The number of rotatable bonds is 6. The third-order valence-electron chi connectivity index (χ3n) is 4.14. The smallest absolute Gasteiger partial charge is 0.226 e. The summed E-state index contributed by atoms with van der Waals surface area (Å²) in [7, 11) is 0. The van der Waals surface area contributed by atoms with Crippen molar-refractivity contribution < 1.29 is 13.9 Å². The van der Waals surface area contributed by atoms with Crippen LogP contribution in [-0.2, 0) is 0 Å². The Bertz CT molecular complexity index is 701. The Morgan fingerprint density at radius 1 is 1.00 bits per heavy atom. The lowest BCUT2D eigenvalue weighted by Crippen LogP contribution is -2.15. The molecule has 0 N–H and O–H groups in total. The molecule has 0 bridgehead atoms. The van der Waals surface area contributed by atoms with Crippen LogP contribution in [0.1, 0.15) is 49.1 Å². The van der Waals surface area contributed by atoms with Gasteiger partial charge in [-0.05, 0) is 63.8 Å². The van der Waals surface area contributed by atoms with Crippen LogP contribution in [0.4, 0.5) is 4.39 Å². The molecule has 0 unspecified atom stereocenters. The number of hydrogen-bond donors (Lipinski definition) is 0. The Labute approximate surface area is 143 Å². The maximum absolute atomic E-state index is 13.5. The minimum absolute atomic E-state index is 0.174. The van der Waals surface area contributed by atoms with E-state index in [1.807, 2.05) is 33.8 Å². The van der Waals surface area contributed by atoms with Gasteiger partial charge in [0.25, 0.3) is 0 Å². The molecule has 1 heterocycles. The van der Waals surface area contributed by atoms with Crippen LogP contribution in [0.15, 0.2) is 18.2 Å². The Morgan fingerprint density at radius 3 is 2.12 bits per heavy atom. The average Bonchev–Trinajstić information content (AvgIpc) is 2.52. The highest BCUT2D eigenvalue weighted by Gasteiger charge is 2.16. The molecule has 2 rings (SSSR count). The summed E-state index contributed by atoms with van der Waals surface area (Å²) in [6, 6.07) is 4.87. The first kappa shape index (κ1) is 18.2. The van der Waals surface area contributed by atoms with Crippen molar-refractivity contribution >= 4 is 0 Å². The van der Waals surface area contributed by atoms with Gasteiger partial charge in [-0.25, -0.2) is 9.37 Å². The van der Waals surface area contributed by atoms with E-state index in [4.69, 9.17) is 9.47 Å². The van der Waals surface area contributed by atoms with E-state index in [-0.39, 0.29) is 11.9 Å². The van der Waals surface area contributed by atoms with Crippen molar-refractivity contribution in [1.29, 1.82) is 0 Å². The van der Waals surface area contributed by atoms with Crippen molar-refractivity contribution in [3.63, 3.8) is 0 Å². The summed E-state index contributed by atoms with van der Waals surface area (Å²) in [4.78, 5) is 4.50. The number of aromatic nitrogens is 1. The van der Waals surface area contributed by atoms with Gasteiger partial charge >= 0.3 is 0 Å². The summed E-state index contributed by atoms with van der Waals surface area (Å²) < 4.78 is 25.6. The SMILES string of the molecule is CCC(CC)Oc1cc(C)nc(Oc2c(C)cc(F)cc2C)c1C.